The number of aryl methyl sites for hydroxylation is 2. The molecule has 1 aromatic carbocycles. The lowest BCUT2D eigenvalue weighted by Gasteiger charge is -2.38. The van der Waals surface area contributed by atoms with Crippen molar-refractivity contribution in [1.29, 1.82) is 0 Å². The zero-order chi connectivity index (χ0) is 16.9. The van der Waals surface area contributed by atoms with Gasteiger partial charge in [0.15, 0.2) is 0 Å². The van der Waals surface area contributed by atoms with Crippen LogP contribution in [0.25, 0.3) is 11.0 Å². The normalized spacial score (nSPS) is 21.2. The van der Waals surface area contributed by atoms with Crippen LogP contribution in [0, 0.1) is 5.41 Å². The van der Waals surface area contributed by atoms with Crippen molar-refractivity contribution in [1.82, 2.24) is 10.2 Å². The number of amides is 1. The Balaban J connectivity index is 0.00000168. The number of fused-ring (bicyclic) bond motifs is 2. The molecular formula is C21H27ClN2O2. The maximum absolute atomic E-state index is 12.8. The summed E-state index contributed by atoms with van der Waals surface area (Å²) in [5.74, 6) is 0.254. The van der Waals surface area contributed by atoms with E-state index in [0.717, 1.165) is 68.4 Å². The number of carbonyl (C=O) groups excluding carboxylic acids is 1. The third kappa shape index (κ3) is 3.03. The van der Waals surface area contributed by atoms with Crippen LogP contribution in [0.1, 0.15) is 42.4 Å². The van der Waals surface area contributed by atoms with E-state index in [9.17, 15) is 4.79 Å². The van der Waals surface area contributed by atoms with E-state index < -0.39 is 0 Å². The van der Waals surface area contributed by atoms with E-state index >= 15 is 0 Å². The topological polar surface area (TPSA) is 45.5 Å². The van der Waals surface area contributed by atoms with Gasteiger partial charge in [0.05, 0.1) is 12.7 Å². The fraction of sp³-hybridized carbons (Fsp3) is 0.571. The molecular weight excluding hydrogens is 348 g/mol. The van der Waals surface area contributed by atoms with Gasteiger partial charge in [-0.2, -0.15) is 0 Å². The van der Waals surface area contributed by atoms with Crippen molar-refractivity contribution in [2.45, 2.75) is 44.9 Å². The highest BCUT2D eigenvalue weighted by Gasteiger charge is 2.38. The molecule has 0 radical (unpaired) electrons. The molecule has 1 amide bonds. The molecule has 3 heterocycles. The zero-order valence-electron chi connectivity index (χ0n) is 15.2. The molecule has 26 heavy (non-hydrogen) atoms. The monoisotopic (exact) mass is 374 g/mol. The number of piperidine rings is 1. The molecule has 1 N–H and O–H groups in total. The summed E-state index contributed by atoms with van der Waals surface area (Å²) in [6.07, 6.45) is 9.38. The molecule has 2 saturated heterocycles. The number of nitrogens with one attached hydrogen (secondary N) is 1. The second kappa shape index (κ2) is 6.90. The first kappa shape index (κ1) is 17.9. The predicted molar refractivity (Wildman–Crippen MR) is 105 cm³/mol. The highest BCUT2D eigenvalue weighted by molar-refractivity contribution is 5.88. The predicted octanol–water partition coefficient (Wildman–Crippen LogP) is 3.49. The van der Waals surface area contributed by atoms with Crippen LogP contribution in [0.2, 0.25) is 0 Å². The molecule has 0 bridgehead atoms. The van der Waals surface area contributed by atoms with Crippen molar-refractivity contribution in [2.24, 2.45) is 5.41 Å². The fourth-order valence-electron chi connectivity index (χ4n) is 5.01. The zero-order valence-corrected chi connectivity index (χ0v) is 16.0. The summed E-state index contributed by atoms with van der Waals surface area (Å²) in [6, 6.07) is 4.45. The molecule has 2 aromatic rings. The molecule has 5 rings (SSSR count). The van der Waals surface area contributed by atoms with Gasteiger partial charge in [0.2, 0.25) is 5.91 Å². The SMILES string of the molecule is Cl.O=C(Cc1coc2cc3c(cc12)CCC3)N1CCC2(CCNC2)CC1. The second-order valence-electron chi connectivity index (χ2n) is 8.22. The third-order valence-electron chi connectivity index (χ3n) is 6.72. The summed E-state index contributed by atoms with van der Waals surface area (Å²) < 4.78 is 5.76. The quantitative estimate of drug-likeness (QED) is 0.875. The Hall–Kier alpha value is -1.52. The van der Waals surface area contributed by atoms with Crippen LogP contribution in [-0.4, -0.2) is 37.0 Å². The second-order valence-corrected chi connectivity index (χ2v) is 8.22. The smallest absolute Gasteiger partial charge is 0.227 e. The minimum atomic E-state index is 0. The van der Waals surface area contributed by atoms with Crippen molar-refractivity contribution < 1.29 is 9.21 Å². The fourth-order valence-corrected chi connectivity index (χ4v) is 5.01. The van der Waals surface area contributed by atoms with Gasteiger partial charge in [-0.05, 0) is 73.7 Å². The maximum atomic E-state index is 12.8. The number of likely N-dealkylation sites (tertiary alicyclic amines) is 1. The van der Waals surface area contributed by atoms with Gasteiger partial charge in [0, 0.05) is 30.6 Å². The molecule has 140 valence electrons. The molecule has 0 unspecified atom stereocenters. The highest BCUT2D eigenvalue weighted by Crippen LogP contribution is 2.37. The lowest BCUT2D eigenvalue weighted by atomic mass is 9.78. The number of nitrogens with zero attached hydrogens (tertiary/aromatic N) is 1. The lowest BCUT2D eigenvalue weighted by molar-refractivity contribution is -0.132. The first-order valence-corrected chi connectivity index (χ1v) is 9.73. The van der Waals surface area contributed by atoms with Gasteiger partial charge in [0.25, 0.3) is 0 Å². The Kier molecular flexibility index (Phi) is 4.74. The number of benzene rings is 1. The van der Waals surface area contributed by atoms with Gasteiger partial charge in [-0.25, -0.2) is 0 Å². The average Bonchev–Trinajstić information content (AvgIpc) is 3.35. The van der Waals surface area contributed by atoms with Crippen LogP contribution in [0.3, 0.4) is 0 Å². The van der Waals surface area contributed by atoms with Crippen LogP contribution < -0.4 is 5.32 Å². The van der Waals surface area contributed by atoms with E-state index in [1.165, 1.54) is 24.0 Å². The Morgan fingerprint density at radius 1 is 1.15 bits per heavy atom. The minimum absolute atomic E-state index is 0. The van der Waals surface area contributed by atoms with Crippen LogP contribution in [0.5, 0.6) is 0 Å². The van der Waals surface area contributed by atoms with Gasteiger partial charge >= 0.3 is 0 Å². The van der Waals surface area contributed by atoms with E-state index in [4.69, 9.17) is 4.42 Å². The number of furan rings is 1. The number of rotatable bonds is 2. The number of hydrogen-bond donors (Lipinski definition) is 1. The summed E-state index contributed by atoms with van der Waals surface area (Å²) >= 11 is 0. The van der Waals surface area contributed by atoms with Gasteiger partial charge in [-0.1, -0.05) is 0 Å². The molecule has 4 nitrogen and oxygen atoms in total. The summed E-state index contributed by atoms with van der Waals surface area (Å²) in [5, 5.41) is 4.63. The summed E-state index contributed by atoms with van der Waals surface area (Å²) in [7, 11) is 0. The standard InChI is InChI=1S/C21H26N2O2.ClH/c24-20(23-8-5-21(6-9-23)4-7-22-14-21)12-17-13-25-19-11-16-3-1-2-15(16)10-18(17)19;/h10-11,13,22H,1-9,12,14H2;1H. The van der Waals surface area contributed by atoms with Gasteiger partial charge < -0.3 is 14.6 Å². The Labute approximate surface area is 160 Å². The van der Waals surface area contributed by atoms with E-state index in [0.29, 0.717) is 11.8 Å². The summed E-state index contributed by atoms with van der Waals surface area (Å²) in [6.45, 7) is 4.09. The van der Waals surface area contributed by atoms with Crippen molar-refractivity contribution in [2.75, 3.05) is 26.2 Å². The van der Waals surface area contributed by atoms with Crippen LogP contribution >= 0.6 is 12.4 Å². The molecule has 0 saturated carbocycles. The van der Waals surface area contributed by atoms with Crippen molar-refractivity contribution >= 4 is 29.3 Å². The Morgan fingerprint density at radius 3 is 2.65 bits per heavy atom. The van der Waals surface area contributed by atoms with Crippen LogP contribution in [0.4, 0.5) is 0 Å². The van der Waals surface area contributed by atoms with Gasteiger partial charge in [-0.3, -0.25) is 4.79 Å². The van der Waals surface area contributed by atoms with Crippen LogP contribution in [0.15, 0.2) is 22.8 Å². The first-order valence-electron chi connectivity index (χ1n) is 9.73. The summed E-state index contributed by atoms with van der Waals surface area (Å²) in [5.41, 5.74) is 5.32. The lowest BCUT2D eigenvalue weighted by Crippen LogP contribution is -2.44. The van der Waals surface area contributed by atoms with Gasteiger partial charge in [-0.15, -0.1) is 12.4 Å². The minimum Gasteiger partial charge on any atom is -0.464 e. The molecule has 1 aliphatic carbocycles. The van der Waals surface area contributed by atoms with E-state index in [1.54, 1.807) is 6.26 Å². The largest absolute Gasteiger partial charge is 0.464 e. The Morgan fingerprint density at radius 2 is 1.92 bits per heavy atom. The molecule has 2 aliphatic heterocycles. The molecule has 5 heteroatoms. The Bertz CT molecular complexity index is 813. The molecule has 1 aromatic heterocycles. The first-order chi connectivity index (χ1) is 12.2. The molecule has 3 aliphatic rings. The molecule has 0 atom stereocenters. The number of halogens is 1. The van der Waals surface area contributed by atoms with Crippen molar-refractivity contribution in [3.8, 4) is 0 Å². The molecule has 1 spiro atoms. The van der Waals surface area contributed by atoms with Crippen molar-refractivity contribution in [3.05, 3.63) is 35.1 Å². The average molecular weight is 375 g/mol. The summed E-state index contributed by atoms with van der Waals surface area (Å²) in [4.78, 5) is 14.9. The van der Waals surface area contributed by atoms with Crippen LogP contribution in [-0.2, 0) is 24.1 Å². The van der Waals surface area contributed by atoms with Crippen molar-refractivity contribution in [3.63, 3.8) is 0 Å². The van der Waals surface area contributed by atoms with Gasteiger partial charge in [0.1, 0.15) is 5.58 Å². The number of hydrogen-bond acceptors (Lipinski definition) is 3. The highest BCUT2D eigenvalue weighted by atomic mass is 35.5. The van der Waals surface area contributed by atoms with E-state index in [2.05, 4.69) is 22.3 Å². The molecule has 2 fully saturated rings. The third-order valence-corrected chi connectivity index (χ3v) is 6.72. The van der Waals surface area contributed by atoms with E-state index in [-0.39, 0.29) is 18.3 Å². The number of carbonyl (C=O) groups is 1. The maximum Gasteiger partial charge on any atom is 0.227 e. The van der Waals surface area contributed by atoms with E-state index in [1.807, 2.05) is 0 Å².